The maximum atomic E-state index is 12.6. The Morgan fingerprint density at radius 1 is 1.07 bits per heavy atom. The number of piperidine rings is 2. The molecule has 0 unspecified atom stereocenters. The zero-order chi connectivity index (χ0) is 21.5. The molecule has 2 heterocycles. The second-order valence-corrected chi connectivity index (χ2v) is 9.98. The van der Waals surface area contributed by atoms with Crippen LogP contribution < -0.4 is 10.6 Å². The van der Waals surface area contributed by atoms with Gasteiger partial charge in [0.2, 0.25) is 0 Å². The Bertz CT molecular complexity index is 626. The monoisotopic (exact) mass is 441 g/mol. The van der Waals surface area contributed by atoms with E-state index in [1.165, 1.54) is 12.8 Å². The van der Waals surface area contributed by atoms with Crippen molar-refractivity contribution in [2.75, 3.05) is 52.9 Å². The van der Waals surface area contributed by atoms with Gasteiger partial charge in [0.1, 0.15) is 0 Å². The van der Waals surface area contributed by atoms with Gasteiger partial charge in [0.25, 0.3) is 0 Å². The molecule has 2 N–H and O–H groups in total. The molecule has 0 spiro atoms. The lowest BCUT2D eigenvalue weighted by Gasteiger charge is -2.32. The molecule has 0 bridgehead atoms. The Morgan fingerprint density at radius 2 is 1.69 bits per heavy atom. The van der Waals surface area contributed by atoms with Crippen LogP contribution in [0.25, 0.3) is 0 Å². The molecule has 2 saturated heterocycles. The van der Waals surface area contributed by atoms with Crippen LogP contribution in [-0.2, 0) is 10.0 Å². The normalized spacial score (nSPS) is 22.0. The first-order valence-electron chi connectivity index (χ1n) is 10.4. The number of sulfonamides is 1. The molecule has 11 heteroatoms. The van der Waals surface area contributed by atoms with Crippen molar-refractivity contribution < 1.29 is 21.6 Å². The summed E-state index contributed by atoms with van der Waals surface area (Å²) in [6.45, 7) is 6.84. The predicted octanol–water partition coefficient (Wildman–Crippen LogP) is 1.83. The summed E-state index contributed by atoms with van der Waals surface area (Å²) in [5.74, 6) is 1.61. The van der Waals surface area contributed by atoms with E-state index in [1.807, 2.05) is 0 Å². The van der Waals surface area contributed by atoms with Crippen molar-refractivity contribution in [3.8, 4) is 0 Å². The summed E-state index contributed by atoms with van der Waals surface area (Å²) in [6.07, 6.45) is 4.33. The highest BCUT2D eigenvalue weighted by Crippen LogP contribution is 2.30. The van der Waals surface area contributed by atoms with E-state index in [1.54, 1.807) is 7.05 Å². The van der Waals surface area contributed by atoms with E-state index in [4.69, 9.17) is 0 Å². The van der Waals surface area contributed by atoms with Crippen molar-refractivity contribution >= 4 is 16.0 Å². The summed E-state index contributed by atoms with van der Waals surface area (Å²) in [4.78, 5) is 6.67. The highest BCUT2D eigenvalue weighted by molar-refractivity contribution is 7.90. The Balaban J connectivity index is 1.62. The standard InChI is InChI=1S/C18H34F3N5O2S/c1-15-4-10-25(11-5-15)9-3-8-23-17(22-2)24-14-16-6-12-26(13-7-16)29(27,28)18(19,20)21/h15-16H,3-14H2,1-2H3,(H2,22,23,24). The fraction of sp³-hybridized carbons (Fsp3) is 0.944. The van der Waals surface area contributed by atoms with Gasteiger partial charge < -0.3 is 15.5 Å². The molecule has 0 saturated carbocycles. The van der Waals surface area contributed by atoms with Crippen LogP contribution in [0.1, 0.15) is 39.0 Å². The van der Waals surface area contributed by atoms with Gasteiger partial charge in [0.05, 0.1) is 0 Å². The maximum absolute atomic E-state index is 12.6. The molecule has 7 nitrogen and oxygen atoms in total. The molecule has 0 atom stereocenters. The van der Waals surface area contributed by atoms with Gasteiger partial charge in [-0.3, -0.25) is 4.99 Å². The molecular weight excluding hydrogens is 407 g/mol. The number of nitrogens with zero attached hydrogens (tertiary/aromatic N) is 3. The van der Waals surface area contributed by atoms with Crippen LogP contribution in [0.15, 0.2) is 4.99 Å². The van der Waals surface area contributed by atoms with E-state index < -0.39 is 15.5 Å². The van der Waals surface area contributed by atoms with Crippen molar-refractivity contribution in [2.24, 2.45) is 16.8 Å². The average molecular weight is 442 g/mol. The van der Waals surface area contributed by atoms with Crippen LogP contribution in [0.4, 0.5) is 13.2 Å². The Hall–Kier alpha value is -1.07. The molecule has 2 fully saturated rings. The highest BCUT2D eigenvalue weighted by atomic mass is 32.2. The number of guanidine groups is 1. The van der Waals surface area contributed by atoms with E-state index >= 15 is 0 Å². The fourth-order valence-electron chi connectivity index (χ4n) is 3.76. The lowest BCUT2D eigenvalue weighted by molar-refractivity contribution is -0.0496. The molecule has 2 aliphatic rings. The summed E-state index contributed by atoms with van der Waals surface area (Å²) < 4.78 is 61.3. The number of aliphatic imine (C=N–C) groups is 1. The van der Waals surface area contributed by atoms with Gasteiger partial charge in [-0.1, -0.05) is 6.92 Å². The first kappa shape index (κ1) is 24.2. The minimum absolute atomic E-state index is 0.103. The van der Waals surface area contributed by atoms with Crippen molar-refractivity contribution in [1.82, 2.24) is 19.8 Å². The second kappa shape index (κ2) is 10.8. The fourth-order valence-corrected chi connectivity index (χ4v) is 4.74. The Kier molecular flexibility index (Phi) is 9.02. The molecule has 0 aliphatic carbocycles. The molecular formula is C18H34F3N5O2S. The molecule has 0 aromatic carbocycles. The van der Waals surface area contributed by atoms with Gasteiger partial charge in [0, 0.05) is 33.2 Å². The van der Waals surface area contributed by atoms with Gasteiger partial charge in [0.15, 0.2) is 5.96 Å². The van der Waals surface area contributed by atoms with E-state index in [2.05, 4.69) is 27.4 Å². The van der Waals surface area contributed by atoms with Crippen LogP contribution >= 0.6 is 0 Å². The van der Waals surface area contributed by atoms with Crippen LogP contribution in [0, 0.1) is 11.8 Å². The van der Waals surface area contributed by atoms with E-state index in [0.717, 1.165) is 38.5 Å². The first-order valence-corrected chi connectivity index (χ1v) is 11.8. The van der Waals surface area contributed by atoms with E-state index in [9.17, 15) is 21.6 Å². The molecule has 0 amide bonds. The third-order valence-electron chi connectivity index (χ3n) is 5.81. The number of nitrogens with one attached hydrogen (secondary N) is 2. The topological polar surface area (TPSA) is 77.0 Å². The third-order valence-corrected chi connectivity index (χ3v) is 7.44. The van der Waals surface area contributed by atoms with Crippen LogP contribution in [0.2, 0.25) is 0 Å². The predicted molar refractivity (Wildman–Crippen MR) is 108 cm³/mol. The van der Waals surface area contributed by atoms with Gasteiger partial charge in [-0.2, -0.15) is 17.5 Å². The number of likely N-dealkylation sites (tertiary alicyclic amines) is 1. The number of hydrogen-bond donors (Lipinski definition) is 2. The third kappa shape index (κ3) is 7.29. The average Bonchev–Trinajstić information content (AvgIpc) is 2.68. The molecule has 2 aliphatic heterocycles. The number of halogens is 3. The largest absolute Gasteiger partial charge is 0.511 e. The van der Waals surface area contributed by atoms with Crippen molar-refractivity contribution in [1.29, 1.82) is 0 Å². The quantitative estimate of drug-likeness (QED) is 0.358. The summed E-state index contributed by atoms with van der Waals surface area (Å²) in [7, 11) is -3.53. The van der Waals surface area contributed by atoms with Crippen LogP contribution in [-0.4, -0.2) is 82.0 Å². The maximum Gasteiger partial charge on any atom is 0.511 e. The van der Waals surface area contributed by atoms with Crippen LogP contribution in [0.5, 0.6) is 0 Å². The second-order valence-electron chi connectivity index (χ2n) is 8.05. The number of alkyl halides is 3. The van der Waals surface area contributed by atoms with Gasteiger partial charge in [-0.25, -0.2) is 8.42 Å². The highest BCUT2D eigenvalue weighted by Gasteiger charge is 2.50. The SMILES string of the molecule is CN=C(NCCCN1CCC(C)CC1)NCC1CCN(S(=O)(=O)C(F)(F)F)CC1. The Morgan fingerprint density at radius 3 is 2.24 bits per heavy atom. The summed E-state index contributed by atoms with van der Waals surface area (Å²) in [6, 6.07) is 0. The zero-order valence-corrected chi connectivity index (χ0v) is 18.2. The summed E-state index contributed by atoms with van der Waals surface area (Å²) >= 11 is 0. The smallest absolute Gasteiger partial charge is 0.356 e. The van der Waals surface area contributed by atoms with Crippen molar-refractivity contribution in [3.63, 3.8) is 0 Å². The first-order chi connectivity index (χ1) is 13.6. The summed E-state index contributed by atoms with van der Waals surface area (Å²) in [5.41, 5.74) is -5.23. The molecule has 0 radical (unpaired) electrons. The van der Waals surface area contributed by atoms with Gasteiger partial charge >= 0.3 is 15.5 Å². The van der Waals surface area contributed by atoms with Crippen LogP contribution in [0.3, 0.4) is 0 Å². The van der Waals surface area contributed by atoms with Gasteiger partial charge in [-0.15, -0.1) is 0 Å². The number of hydrogen-bond acceptors (Lipinski definition) is 4. The summed E-state index contributed by atoms with van der Waals surface area (Å²) in [5, 5.41) is 6.47. The van der Waals surface area contributed by atoms with E-state index in [0.29, 0.717) is 29.7 Å². The van der Waals surface area contributed by atoms with Crippen molar-refractivity contribution in [3.05, 3.63) is 0 Å². The molecule has 0 aromatic rings. The number of rotatable bonds is 7. The molecule has 2 rings (SSSR count). The molecule has 29 heavy (non-hydrogen) atoms. The molecule has 0 aromatic heterocycles. The zero-order valence-electron chi connectivity index (χ0n) is 17.3. The lowest BCUT2D eigenvalue weighted by atomic mass is 9.98. The molecule has 170 valence electrons. The minimum atomic E-state index is -5.23. The van der Waals surface area contributed by atoms with E-state index in [-0.39, 0.29) is 19.0 Å². The van der Waals surface area contributed by atoms with Crippen molar-refractivity contribution in [2.45, 2.75) is 44.5 Å². The minimum Gasteiger partial charge on any atom is -0.356 e. The lowest BCUT2D eigenvalue weighted by Crippen LogP contribution is -2.47. The Labute approximate surface area is 172 Å². The van der Waals surface area contributed by atoms with Gasteiger partial charge in [-0.05, 0) is 63.6 Å².